The molecule has 1 unspecified atom stereocenters. The Hall–Kier alpha value is -1.14. The Morgan fingerprint density at radius 2 is 2.10 bits per heavy atom. The van der Waals surface area contributed by atoms with Crippen LogP contribution in [0.2, 0.25) is 0 Å². The van der Waals surface area contributed by atoms with Crippen LogP contribution < -0.4 is 5.32 Å². The minimum atomic E-state index is -0.347. The monoisotopic (exact) mass is 341 g/mol. The molecule has 1 aliphatic heterocycles. The van der Waals surface area contributed by atoms with Gasteiger partial charge in [-0.2, -0.15) is 0 Å². The lowest BCUT2D eigenvalue weighted by Gasteiger charge is -2.32. The standard InChI is InChI=1S/C14H20BrN3O2/c1-11(17-7-3-2-4-8-17)10-16-13-9-12(15)5-6-14(13)18(19)20/h5-6,9,11,16H,2-4,7-8,10H2,1H3. The number of likely N-dealkylation sites (tertiary alicyclic amines) is 1. The van der Waals surface area contributed by atoms with E-state index in [9.17, 15) is 10.1 Å². The second kappa shape index (κ2) is 7.04. The maximum absolute atomic E-state index is 11.0. The number of nitrogens with one attached hydrogen (secondary N) is 1. The minimum Gasteiger partial charge on any atom is -0.378 e. The normalized spacial score (nSPS) is 17.7. The summed E-state index contributed by atoms with van der Waals surface area (Å²) in [5, 5.41) is 14.2. The number of nitrogens with zero attached hydrogens (tertiary/aromatic N) is 2. The van der Waals surface area contributed by atoms with Gasteiger partial charge in [-0.3, -0.25) is 15.0 Å². The average molecular weight is 342 g/mol. The van der Waals surface area contributed by atoms with Crippen molar-refractivity contribution >= 4 is 27.3 Å². The zero-order valence-electron chi connectivity index (χ0n) is 11.6. The van der Waals surface area contributed by atoms with Crippen LogP contribution in [0, 0.1) is 10.1 Å². The number of anilines is 1. The van der Waals surface area contributed by atoms with Crippen molar-refractivity contribution in [2.24, 2.45) is 0 Å². The lowest BCUT2D eigenvalue weighted by molar-refractivity contribution is -0.384. The summed E-state index contributed by atoms with van der Waals surface area (Å²) >= 11 is 3.36. The molecule has 0 amide bonds. The van der Waals surface area contributed by atoms with Crippen molar-refractivity contribution in [3.8, 4) is 0 Å². The first-order valence-corrected chi connectivity index (χ1v) is 7.79. The van der Waals surface area contributed by atoms with Crippen LogP contribution in [0.1, 0.15) is 26.2 Å². The molecule has 1 aromatic rings. The highest BCUT2D eigenvalue weighted by molar-refractivity contribution is 9.10. The van der Waals surface area contributed by atoms with E-state index in [1.54, 1.807) is 12.1 Å². The van der Waals surface area contributed by atoms with Crippen molar-refractivity contribution in [3.05, 3.63) is 32.8 Å². The van der Waals surface area contributed by atoms with Crippen molar-refractivity contribution in [1.29, 1.82) is 0 Å². The topological polar surface area (TPSA) is 58.4 Å². The third-order valence-corrected chi connectivity index (χ3v) is 4.25. The number of nitro groups is 1. The zero-order chi connectivity index (χ0) is 14.5. The molecular formula is C14H20BrN3O2. The Bertz CT molecular complexity index is 475. The molecule has 2 rings (SSSR count). The molecule has 1 aromatic carbocycles. The van der Waals surface area contributed by atoms with Crippen molar-refractivity contribution in [2.75, 3.05) is 25.0 Å². The number of halogens is 1. The molecule has 1 fully saturated rings. The van der Waals surface area contributed by atoms with E-state index in [1.807, 2.05) is 0 Å². The smallest absolute Gasteiger partial charge is 0.292 e. The molecule has 6 heteroatoms. The molecule has 0 bridgehead atoms. The van der Waals surface area contributed by atoms with E-state index >= 15 is 0 Å². The minimum absolute atomic E-state index is 0.124. The molecule has 0 aliphatic carbocycles. The summed E-state index contributed by atoms with van der Waals surface area (Å²) < 4.78 is 0.844. The van der Waals surface area contributed by atoms with E-state index in [0.29, 0.717) is 11.7 Å². The summed E-state index contributed by atoms with van der Waals surface area (Å²) in [5.74, 6) is 0. The highest BCUT2D eigenvalue weighted by Crippen LogP contribution is 2.28. The third-order valence-electron chi connectivity index (χ3n) is 3.76. The molecule has 20 heavy (non-hydrogen) atoms. The molecule has 0 spiro atoms. The first-order valence-electron chi connectivity index (χ1n) is 7.00. The second-order valence-electron chi connectivity index (χ2n) is 5.25. The Kier molecular flexibility index (Phi) is 5.37. The fourth-order valence-corrected chi connectivity index (χ4v) is 2.92. The van der Waals surface area contributed by atoms with Gasteiger partial charge in [-0.25, -0.2) is 0 Å². The highest BCUT2D eigenvalue weighted by Gasteiger charge is 2.18. The summed E-state index contributed by atoms with van der Waals surface area (Å²) in [6, 6.07) is 5.37. The molecule has 1 saturated heterocycles. The van der Waals surface area contributed by atoms with Crippen molar-refractivity contribution < 1.29 is 4.92 Å². The van der Waals surface area contributed by atoms with E-state index in [0.717, 1.165) is 24.1 Å². The average Bonchev–Trinajstić information content (AvgIpc) is 2.45. The van der Waals surface area contributed by atoms with E-state index in [1.165, 1.54) is 25.3 Å². The van der Waals surface area contributed by atoms with Crippen LogP contribution in [-0.4, -0.2) is 35.5 Å². The lowest BCUT2D eigenvalue weighted by Crippen LogP contribution is -2.41. The van der Waals surface area contributed by atoms with Crippen LogP contribution in [0.5, 0.6) is 0 Å². The SMILES string of the molecule is CC(CNc1cc(Br)ccc1[N+](=O)[O-])N1CCCCC1. The fraction of sp³-hybridized carbons (Fsp3) is 0.571. The fourth-order valence-electron chi connectivity index (χ4n) is 2.55. The van der Waals surface area contributed by atoms with Gasteiger partial charge in [0.1, 0.15) is 5.69 Å². The Labute approximate surface area is 127 Å². The Morgan fingerprint density at radius 1 is 1.40 bits per heavy atom. The maximum Gasteiger partial charge on any atom is 0.292 e. The van der Waals surface area contributed by atoms with Gasteiger partial charge in [-0.15, -0.1) is 0 Å². The molecule has 1 heterocycles. The van der Waals surface area contributed by atoms with Crippen LogP contribution >= 0.6 is 15.9 Å². The Morgan fingerprint density at radius 3 is 2.75 bits per heavy atom. The largest absolute Gasteiger partial charge is 0.378 e. The van der Waals surface area contributed by atoms with Gasteiger partial charge in [0, 0.05) is 23.1 Å². The lowest BCUT2D eigenvalue weighted by atomic mass is 10.1. The second-order valence-corrected chi connectivity index (χ2v) is 6.16. The van der Waals surface area contributed by atoms with Gasteiger partial charge < -0.3 is 5.32 Å². The molecule has 1 atom stereocenters. The van der Waals surface area contributed by atoms with Crippen molar-refractivity contribution in [1.82, 2.24) is 4.90 Å². The van der Waals surface area contributed by atoms with E-state index < -0.39 is 0 Å². The van der Waals surface area contributed by atoms with Crippen molar-refractivity contribution in [2.45, 2.75) is 32.2 Å². The van der Waals surface area contributed by atoms with Crippen LogP contribution in [0.15, 0.2) is 22.7 Å². The van der Waals surface area contributed by atoms with Gasteiger partial charge >= 0.3 is 0 Å². The summed E-state index contributed by atoms with van der Waals surface area (Å²) in [5.41, 5.74) is 0.701. The number of rotatable bonds is 5. The predicted molar refractivity (Wildman–Crippen MR) is 84.2 cm³/mol. The van der Waals surface area contributed by atoms with E-state index in [2.05, 4.69) is 33.1 Å². The van der Waals surface area contributed by atoms with Crippen molar-refractivity contribution in [3.63, 3.8) is 0 Å². The summed E-state index contributed by atoms with van der Waals surface area (Å²) in [4.78, 5) is 13.1. The maximum atomic E-state index is 11.0. The number of hydrogen-bond donors (Lipinski definition) is 1. The summed E-state index contributed by atoms with van der Waals surface area (Å²) in [6.45, 7) is 5.15. The van der Waals surface area contributed by atoms with Gasteiger partial charge in [0.05, 0.1) is 4.92 Å². The summed E-state index contributed by atoms with van der Waals surface area (Å²) in [7, 11) is 0. The number of benzene rings is 1. The molecule has 5 nitrogen and oxygen atoms in total. The van der Waals surface area contributed by atoms with E-state index in [4.69, 9.17) is 0 Å². The first-order chi connectivity index (χ1) is 9.58. The Balaban J connectivity index is 1.99. The van der Waals surface area contributed by atoms with E-state index in [-0.39, 0.29) is 10.6 Å². The quantitative estimate of drug-likeness (QED) is 0.656. The summed E-state index contributed by atoms with van der Waals surface area (Å²) in [6.07, 6.45) is 3.82. The number of piperidine rings is 1. The zero-order valence-corrected chi connectivity index (χ0v) is 13.2. The highest BCUT2D eigenvalue weighted by atomic mass is 79.9. The molecule has 110 valence electrons. The van der Waals surface area contributed by atoms with Gasteiger partial charge in [-0.05, 0) is 45.0 Å². The molecule has 1 aliphatic rings. The molecule has 0 radical (unpaired) electrons. The number of nitro benzene ring substituents is 1. The molecule has 0 saturated carbocycles. The van der Waals surface area contributed by atoms with Gasteiger partial charge in [0.2, 0.25) is 0 Å². The van der Waals surface area contributed by atoms with Crippen LogP contribution in [-0.2, 0) is 0 Å². The van der Waals surface area contributed by atoms with Crippen LogP contribution in [0.3, 0.4) is 0 Å². The van der Waals surface area contributed by atoms with Gasteiger partial charge in [0.15, 0.2) is 0 Å². The number of hydrogen-bond acceptors (Lipinski definition) is 4. The third kappa shape index (κ3) is 3.93. The molecule has 0 aromatic heterocycles. The van der Waals surface area contributed by atoms with Gasteiger partial charge in [-0.1, -0.05) is 22.4 Å². The first kappa shape index (κ1) is 15.3. The van der Waals surface area contributed by atoms with Crippen LogP contribution in [0.25, 0.3) is 0 Å². The van der Waals surface area contributed by atoms with Crippen LogP contribution in [0.4, 0.5) is 11.4 Å². The molecular weight excluding hydrogens is 322 g/mol. The predicted octanol–water partition coefficient (Wildman–Crippen LogP) is 3.64. The van der Waals surface area contributed by atoms with Gasteiger partial charge in [0.25, 0.3) is 5.69 Å². The molecule has 1 N–H and O–H groups in total.